The second-order valence-electron chi connectivity index (χ2n) is 5.26. The number of hydrogen-bond acceptors (Lipinski definition) is 4. The molecule has 0 saturated heterocycles. The predicted molar refractivity (Wildman–Crippen MR) is 90.6 cm³/mol. The highest BCUT2D eigenvalue weighted by molar-refractivity contribution is 6.11. The lowest BCUT2D eigenvalue weighted by molar-refractivity contribution is 0.418. The fourth-order valence-corrected chi connectivity index (χ4v) is 3.04. The molecular weight excluding hydrogens is 292 g/mol. The van der Waals surface area contributed by atoms with E-state index in [0.717, 1.165) is 10.8 Å². The molecule has 0 N–H and O–H groups in total. The van der Waals surface area contributed by atoms with Crippen molar-refractivity contribution in [2.24, 2.45) is 0 Å². The highest BCUT2D eigenvalue weighted by atomic mass is 16.5. The maximum absolute atomic E-state index is 13.2. The van der Waals surface area contributed by atoms with Crippen LogP contribution >= 0.6 is 0 Å². The Labute approximate surface area is 131 Å². The van der Waals surface area contributed by atoms with Crippen LogP contribution in [0.15, 0.2) is 57.7 Å². The lowest BCUT2D eigenvalue weighted by Crippen LogP contribution is -2.05. The summed E-state index contributed by atoms with van der Waals surface area (Å²) in [5.41, 5.74) is 0.928. The second-order valence-corrected chi connectivity index (χ2v) is 5.26. The summed E-state index contributed by atoms with van der Waals surface area (Å²) in [6.07, 6.45) is 0. The van der Waals surface area contributed by atoms with Crippen molar-refractivity contribution in [3.63, 3.8) is 0 Å². The van der Waals surface area contributed by atoms with E-state index in [1.807, 2.05) is 30.3 Å². The van der Waals surface area contributed by atoms with E-state index in [1.54, 1.807) is 32.4 Å². The molecule has 1 heterocycles. The summed E-state index contributed by atoms with van der Waals surface area (Å²) >= 11 is 0. The topological polar surface area (TPSA) is 48.7 Å². The van der Waals surface area contributed by atoms with Gasteiger partial charge in [0.15, 0.2) is 0 Å². The van der Waals surface area contributed by atoms with Crippen molar-refractivity contribution in [1.29, 1.82) is 0 Å². The van der Waals surface area contributed by atoms with Gasteiger partial charge in [-0.3, -0.25) is 4.79 Å². The van der Waals surface area contributed by atoms with E-state index in [9.17, 15) is 4.79 Å². The number of fused-ring (bicyclic) bond motifs is 4. The second kappa shape index (κ2) is 5.02. The molecule has 4 nitrogen and oxygen atoms in total. The van der Waals surface area contributed by atoms with Gasteiger partial charge >= 0.3 is 0 Å². The van der Waals surface area contributed by atoms with E-state index in [4.69, 9.17) is 13.9 Å². The molecule has 114 valence electrons. The highest BCUT2D eigenvalue weighted by Gasteiger charge is 2.16. The van der Waals surface area contributed by atoms with Gasteiger partial charge in [0.25, 0.3) is 0 Å². The molecule has 0 spiro atoms. The summed E-state index contributed by atoms with van der Waals surface area (Å²) in [5.74, 6) is 1.15. The Hall–Kier alpha value is -3.01. The average molecular weight is 306 g/mol. The first-order chi connectivity index (χ1) is 11.2. The van der Waals surface area contributed by atoms with Crippen LogP contribution < -0.4 is 14.9 Å². The number of ether oxygens (including phenoxy) is 2. The van der Waals surface area contributed by atoms with Gasteiger partial charge in [-0.15, -0.1) is 0 Å². The molecule has 0 aliphatic heterocycles. The van der Waals surface area contributed by atoms with Crippen molar-refractivity contribution >= 4 is 32.7 Å². The Bertz CT molecular complexity index is 1110. The molecule has 0 amide bonds. The zero-order chi connectivity index (χ0) is 16.0. The van der Waals surface area contributed by atoms with Gasteiger partial charge in [0, 0.05) is 5.39 Å². The summed E-state index contributed by atoms with van der Waals surface area (Å²) in [7, 11) is 3.14. The lowest BCUT2D eigenvalue weighted by atomic mass is 10.0. The summed E-state index contributed by atoms with van der Waals surface area (Å²) in [4.78, 5) is 13.2. The molecule has 3 aromatic carbocycles. The van der Waals surface area contributed by atoms with Crippen molar-refractivity contribution < 1.29 is 13.9 Å². The zero-order valence-corrected chi connectivity index (χ0v) is 12.8. The van der Waals surface area contributed by atoms with Crippen LogP contribution in [-0.2, 0) is 0 Å². The fraction of sp³-hybridized carbons (Fsp3) is 0.105. The van der Waals surface area contributed by atoms with Crippen LogP contribution in [0.1, 0.15) is 0 Å². The van der Waals surface area contributed by atoms with Gasteiger partial charge in [0.05, 0.1) is 19.6 Å². The third-order valence-corrected chi connectivity index (χ3v) is 4.07. The molecule has 0 radical (unpaired) electrons. The summed E-state index contributed by atoms with van der Waals surface area (Å²) in [6, 6.07) is 14.8. The molecule has 23 heavy (non-hydrogen) atoms. The van der Waals surface area contributed by atoms with E-state index in [1.165, 1.54) is 0 Å². The number of methoxy groups -OCH3 is 2. The molecule has 0 fully saturated rings. The molecule has 0 saturated carbocycles. The highest BCUT2D eigenvalue weighted by Crippen LogP contribution is 2.34. The van der Waals surface area contributed by atoms with Crippen molar-refractivity contribution in [1.82, 2.24) is 0 Å². The molecule has 1 aromatic heterocycles. The van der Waals surface area contributed by atoms with Crippen LogP contribution in [-0.4, -0.2) is 14.2 Å². The Balaban J connectivity index is 2.33. The minimum atomic E-state index is -0.117. The summed E-state index contributed by atoms with van der Waals surface area (Å²) in [5, 5.41) is 2.64. The number of benzene rings is 3. The van der Waals surface area contributed by atoms with Gasteiger partial charge in [0.2, 0.25) is 5.43 Å². The van der Waals surface area contributed by atoms with Crippen LogP contribution in [0.2, 0.25) is 0 Å². The number of rotatable bonds is 2. The molecule has 0 bridgehead atoms. The van der Waals surface area contributed by atoms with E-state index >= 15 is 0 Å². The molecule has 0 unspecified atom stereocenters. The average Bonchev–Trinajstić information content (AvgIpc) is 2.60. The normalized spacial score (nSPS) is 11.2. The summed E-state index contributed by atoms with van der Waals surface area (Å²) in [6.45, 7) is 0. The first-order valence-corrected chi connectivity index (χ1v) is 7.24. The van der Waals surface area contributed by atoms with Gasteiger partial charge in [-0.05, 0) is 29.7 Å². The number of hydrogen-bond donors (Lipinski definition) is 0. The quantitative estimate of drug-likeness (QED) is 0.413. The Kier molecular flexibility index (Phi) is 2.98. The first-order valence-electron chi connectivity index (χ1n) is 7.24. The van der Waals surface area contributed by atoms with Gasteiger partial charge in [-0.1, -0.05) is 24.3 Å². The Morgan fingerprint density at radius 2 is 1.39 bits per heavy atom. The van der Waals surface area contributed by atoms with Crippen molar-refractivity contribution in [2.75, 3.05) is 14.2 Å². The van der Waals surface area contributed by atoms with Crippen molar-refractivity contribution in [2.45, 2.75) is 0 Å². The smallest absolute Gasteiger partial charge is 0.205 e. The largest absolute Gasteiger partial charge is 0.496 e. The third kappa shape index (κ3) is 1.88. The minimum Gasteiger partial charge on any atom is -0.496 e. The van der Waals surface area contributed by atoms with Gasteiger partial charge in [-0.25, -0.2) is 0 Å². The molecule has 0 aliphatic rings. The van der Waals surface area contributed by atoms with Crippen LogP contribution in [0.5, 0.6) is 11.5 Å². The molecule has 4 heteroatoms. The van der Waals surface area contributed by atoms with Crippen LogP contribution in [0, 0.1) is 0 Å². The van der Waals surface area contributed by atoms with Gasteiger partial charge in [-0.2, -0.15) is 0 Å². The minimum absolute atomic E-state index is 0.117. The van der Waals surface area contributed by atoms with E-state index < -0.39 is 0 Å². The van der Waals surface area contributed by atoms with Crippen LogP contribution in [0.4, 0.5) is 0 Å². The van der Waals surface area contributed by atoms with Gasteiger partial charge < -0.3 is 13.9 Å². The van der Waals surface area contributed by atoms with Crippen LogP contribution in [0.3, 0.4) is 0 Å². The maximum atomic E-state index is 13.2. The zero-order valence-electron chi connectivity index (χ0n) is 12.8. The Morgan fingerprint density at radius 1 is 0.739 bits per heavy atom. The SMILES string of the molecule is COc1cccc2oc3ccc4cccc(OC)c4c3c(=O)c12. The predicted octanol–water partition coefficient (Wildman–Crippen LogP) is 4.12. The first kappa shape index (κ1) is 13.6. The molecule has 0 aliphatic carbocycles. The molecule has 4 aromatic rings. The monoisotopic (exact) mass is 306 g/mol. The van der Waals surface area contributed by atoms with Crippen molar-refractivity contribution in [3.05, 3.63) is 58.8 Å². The van der Waals surface area contributed by atoms with E-state index in [2.05, 4.69) is 0 Å². The van der Waals surface area contributed by atoms with E-state index in [-0.39, 0.29) is 5.43 Å². The third-order valence-electron chi connectivity index (χ3n) is 4.07. The lowest BCUT2D eigenvalue weighted by Gasteiger charge is -2.10. The standard InChI is InChI=1S/C19H14O4/c1-21-12-6-3-5-11-9-10-15-18(16(11)12)19(20)17-13(22-2)7-4-8-14(17)23-15/h3-10H,1-2H3. The molecule has 0 atom stereocenters. The molecule has 4 rings (SSSR count). The Morgan fingerprint density at radius 3 is 2.13 bits per heavy atom. The molecular formula is C19H14O4. The fourth-order valence-electron chi connectivity index (χ4n) is 3.04. The van der Waals surface area contributed by atoms with Crippen molar-refractivity contribution in [3.8, 4) is 11.5 Å². The summed E-state index contributed by atoms with van der Waals surface area (Å²) < 4.78 is 16.7. The van der Waals surface area contributed by atoms with Crippen LogP contribution in [0.25, 0.3) is 32.7 Å². The van der Waals surface area contributed by atoms with E-state index in [0.29, 0.717) is 33.4 Å². The van der Waals surface area contributed by atoms with Gasteiger partial charge in [0.1, 0.15) is 28.1 Å². The maximum Gasteiger partial charge on any atom is 0.205 e.